The first-order chi connectivity index (χ1) is 57.3. The van der Waals surface area contributed by atoms with Crippen molar-refractivity contribution in [3.63, 3.8) is 0 Å². The van der Waals surface area contributed by atoms with E-state index in [1.807, 2.05) is 42.5 Å². The van der Waals surface area contributed by atoms with Crippen LogP contribution >= 0.6 is 0 Å². The van der Waals surface area contributed by atoms with E-state index in [0.29, 0.717) is 5.92 Å². The van der Waals surface area contributed by atoms with E-state index in [4.69, 9.17) is 3.79 Å². The number of hydrogen-bond acceptors (Lipinski definition) is 4. The van der Waals surface area contributed by atoms with Crippen LogP contribution in [-0.2, 0) is 6.42 Å². The van der Waals surface area contributed by atoms with Gasteiger partial charge in [0.15, 0.2) is 0 Å². The van der Waals surface area contributed by atoms with Crippen LogP contribution in [-0.4, -0.2) is 21.6 Å². The molecule has 0 amide bonds. The fraction of sp³-hybridized carbons (Fsp3) is 0.0360. The molecule has 557 valence electrons. The molecule has 0 bridgehead atoms. The maximum Gasteiger partial charge on any atom is 0.494 e. The van der Waals surface area contributed by atoms with Gasteiger partial charge in [-0.05, 0) is 217 Å². The average molecular weight is 1510 g/mol. The minimum atomic E-state index is 0.336. The van der Waals surface area contributed by atoms with Crippen molar-refractivity contribution in [3.05, 3.63) is 518 Å². The highest BCUT2D eigenvalue weighted by atomic mass is 27.1. The Morgan fingerprint density at radius 3 is 0.974 bits per heavy atom. The first-order valence-corrected chi connectivity index (χ1v) is 40.1. The summed E-state index contributed by atoms with van der Waals surface area (Å²) in [5.74, 6) is 1.18. The second-order valence-electron chi connectivity index (χ2n) is 28.7. The van der Waals surface area contributed by atoms with Gasteiger partial charge in [0.25, 0.3) is 0 Å². The summed E-state index contributed by atoms with van der Waals surface area (Å²) < 4.78 is 5.19. The van der Waals surface area contributed by atoms with Crippen LogP contribution in [0.2, 0.25) is 0 Å². The summed E-state index contributed by atoms with van der Waals surface area (Å²) in [5.41, 5.74) is 31.5. The number of pyridine rings is 1. The molecule has 1 radical (unpaired) electrons. The summed E-state index contributed by atoms with van der Waals surface area (Å²) in [5, 5.41) is 1.11. The lowest BCUT2D eigenvalue weighted by molar-refractivity contribution is 0.622. The van der Waals surface area contributed by atoms with Gasteiger partial charge in [-0.2, -0.15) is 0 Å². The Bertz CT molecular complexity index is 5780. The molecule has 0 saturated carbocycles. The number of anilines is 6. The topological polar surface area (TPSA) is 28.6 Å². The van der Waals surface area contributed by atoms with Gasteiger partial charge in [0.2, 0.25) is 0 Å². The van der Waals surface area contributed by atoms with Gasteiger partial charge in [-0.25, -0.2) is 0 Å². The number of rotatable bonds is 19. The van der Waals surface area contributed by atoms with Crippen LogP contribution < -0.4 is 13.6 Å². The minimum Gasteiger partial charge on any atom is -0.649 e. The van der Waals surface area contributed by atoms with E-state index in [1.165, 1.54) is 122 Å². The molecule has 1 aromatic heterocycles. The molecule has 0 unspecified atom stereocenters. The molecule has 5 heteroatoms. The minimum absolute atomic E-state index is 0.336. The second kappa shape index (κ2) is 38.8. The fourth-order valence-electron chi connectivity index (χ4n) is 14.7. The number of aromatic nitrogens is 1. The molecule has 0 aliphatic heterocycles. The largest absolute Gasteiger partial charge is 0.649 e. The van der Waals surface area contributed by atoms with Crippen molar-refractivity contribution in [3.8, 4) is 61.4 Å². The zero-order valence-electron chi connectivity index (χ0n) is 65.4. The zero-order valence-corrected chi connectivity index (χ0v) is 66.8. The van der Waals surface area contributed by atoms with E-state index in [0.717, 1.165) is 57.2 Å². The molecule has 18 aromatic rings. The number of para-hydroxylation sites is 3. The Morgan fingerprint density at radius 2 is 0.595 bits per heavy atom. The van der Waals surface area contributed by atoms with Gasteiger partial charge in [0, 0.05) is 51.6 Å². The Balaban J connectivity index is 0.000000130. The van der Waals surface area contributed by atoms with Gasteiger partial charge >= 0.3 is 16.6 Å². The van der Waals surface area contributed by atoms with Crippen LogP contribution in [0.15, 0.2) is 473 Å². The van der Waals surface area contributed by atoms with Crippen molar-refractivity contribution >= 4 is 73.3 Å². The van der Waals surface area contributed by atoms with Crippen LogP contribution in [0.4, 0.5) is 34.1 Å². The number of nitrogens with zero attached hydrogens (tertiary/aromatic N) is 3. The van der Waals surface area contributed by atoms with Gasteiger partial charge in [-0.15, -0.1) is 0 Å². The number of benzene rings is 17. The van der Waals surface area contributed by atoms with Crippen molar-refractivity contribution in [2.75, 3.05) is 9.80 Å². The van der Waals surface area contributed by atoms with Crippen molar-refractivity contribution in [1.82, 2.24) is 4.98 Å². The van der Waals surface area contributed by atoms with Gasteiger partial charge in [0.05, 0.1) is 0 Å². The molecule has 18 rings (SSSR count). The molecule has 0 spiro atoms. The molecule has 17 aromatic carbocycles. The maximum atomic E-state index is 5.19. The van der Waals surface area contributed by atoms with Crippen LogP contribution in [0.3, 0.4) is 0 Å². The standard InChI is InChI=1S/C40H32.C38H32N2.C24H18.C9H7NO.Al.H/c1-5-13-35(14-6-1)39(36-15-7-2-8-16-36)29-31-21-25-33(26-22-31)34-27-23-32(24-28-34)30-40(37-17-9-3-10-18-37)38-19-11-4-12-20-38;1-29-11-9-17-37(27-29)39(33-13-5-3-6-14-33)35-23-19-31(20-24-35)32-21-25-36(26-22-32)40(34-15-7-4-8-16-34)38-18-10-12-30(2)28-38;1-3-7-19(8-4-1)21-11-15-23(16-12-21)24-17-13-22(14-18-24)20-9-5-2-6-10-20;11-8-5-1-3-7-4-2-6-10-9(7)8;;/h1-29,40H,30H2;3-28H,1-2H3;1-18H;1-6,11H;;/q;;;;+1;/p-1. The van der Waals surface area contributed by atoms with Crippen LogP contribution in [0.1, 0.15) is 50.4 Å². The van der Waals surface area contributed by atoms with Crippen LogP contribution in [0.5, 0.6) is 5.75 Å². The highest BCUT2D eigenvalue weighted by Gasteiger charge is 2.18. The summed E-state index contributed by atoms with van der Waals surface area (Å²) in [7, 11) is 0. The predicted molar refractivity (Wildman–Crippen MR) is 493 cm³/mol. The molecule has 4 nitrogen and oxygen atoms in total. The van der Waals surface area contributed by atoms with Gasteiger partial charge in [0.1, 0.15) is 11.3 Å². The first kappa shape index (κ1) is 77.2. The van der Waals surface area contributed by atoms with E-state index in [9.17, 15) is 0 Å². The lowest BCUT2D eigenvalue weighted by Gasteiger charge is -2.26. The van der Waals surface area contributed by atoms with E-state index in [-0.39, 0.29) is 0 Å². The molecule has 0 aliphatic rings. The SMILES string of the molecule is C(=C(c1ccccc1)c1ccccc1)c1ccc(-c2ccc(CC(c3ccccc3)c3ccccc3)cc2)cc1.Cc1cccc(N(c2ccccc2)c2ccc(-c3ccc(N(c4ccccc4)c4cccc(C)c4)cc3)cc2)c1.[AlH][O]c1cccc2cccnc12.c1ccc(-c2ccc(-c3ccc(-c4ccccc4)cc3)cc2)cc1. The average Bonchev–Trinajstić information content (AvgIpc) is 0.840. The molecule has 116 heavy (non-hydrogen) atoms. The Kier molecular flexibility index (Phi) is 25.8. The van der Waals surface area contributed by atoms with E-state index >= 15 is 0 Å². The summed E-state index contributed by atoms with van der Waals surface area (Å²) in [4.78, 5) is 8.84. The first-order valence-electron chi connectivity index (χ1n) is 39.5. The third-order valence-electron chi connectivity index (χ3n) is 20.7. The maximum absolute atomic E-state index is 5.19. The third-order valence-corrected chi connectivity index (χ3v) is 21.0. The van der Waals surface area contributed by atoms with Gasteiger partial charge < -0.3 is 13.6 Å². The van der Waals surface area contributed by atoms with E-state index < -0.39 is 0 Å². The highest BCUT2D eigenvalue weighted by Crippen LogP contribution is 2.40. The third kappa shape index (κ3) is 20.0. The second-order valence-corrected chi connectivity index (χ2v) is 29.0. The number of aryl methyl sites for hydroxylation is 2. The summed E-state index contributed by atoms with van der Waals surface area (Å²) in [6.45, 7) is 4.27. The molecular formula is C111H89AlN3O. The monoisotopic (exact) mass is 1510 g/mol. The van der Waals surface area contributed by atoms with E-state index in [1.54, 1.807) is 6.20 Å². The van der Waals surface area contributed by atoms with E-state index in [2.05, 4.69) is 459 Å². The normalized spacial score (nSPS) is 10.6. The smallest absolute Gasteiger partial charge is 0.494 e. The van der Waals surface area contributed by atoms with Crippen molar-refractivity contribution in [2.45, 2.75) is 26.2 Å². The van der Waals surface area contributed by atoms with Crippen molar-refractivity contribution < 1.29 is 3.79 Å². The predicted octanol–water partition coefficient (Wildman–Crippen LogP) is 29.3. The Morgan fingerprint density at radius 1 is 0.293 bits per heavy atom. The summed E-state index contributed by atoms with van der Waals surface area (Å²) >= 11 is 1.47. The molecule has 0 saturated heterocycles. The number of hydrogen-bond donors (Lipinski definition) is 0. The van der Waals surface area contributed by atoms with Crippen LogP contribution in [0.25, 0.3) is 78.2 Å². The molecule has 0 fully saturated rings. The molecular weight excluding hydrogens is 1420 g/mol. The quantitative estimate of drug-likeness (QED) is 0.0596. The lowest BCUT2D eigenvalue weighted by atomic mass is 9.86. The number of fused-ring (bicyclic) bond motifs is 1. The molecule has 0 atom stereocenters. The molecule has 0 N–H and O–H groups in total. The van der Waals surface area contributed by atoms with Crippen molar-refractivity contribution in [2.24, 2.45) is 0 Å². The lowest BCUT2D eigenvalue weighted by Crippen LogP contribution is -2.10. The zero-order chi connectivity index (χ0) is 78.9. The molecule has 0 aliphatic carbocycles. The Labute approximate surface area is 692 Å². The van der Waals surface area contributed by atoms with Crippen molar-refractivity contribution in [1.29, 1.82) is 0 Å². The highest BCUT2D eigenvalue weighted by molar-refractivity contribution is 6.02. The Hall–Kier alpha value is -14.2. The summed E-state index contributed by atoms with van der Waals surface area (Å²) in [6, 6.07) is 165. The summed E-state index contributed by atoms with van der Waals surface area (Å²) in [6.07, 6.45) is 5.03. The fourth-order valence-corrected chi connectivity index (χ4v) is 15.0. The van der Waals surface area contributed by atoms with Crippen LogP contribution in [0, 0.1) is 13.8 Å². The van der Waals surface area contributed by atoms with Gasteiger partial charge in [-0.1, -0.05) is 382 Å². The molecule has 1 heterocycles. The van der Waals surface area contributed by atoms with Gasteiger partial charge in [-0.3, -0.25) is 4.98 Å².